The van der Waals surface area contributed by atoms with Crippen molar-refractivity contribution in [2.45, 2.75) is 46.2 Å². The molecular formula is C13H26N5O+. The summed E-state index contributed by atoms with van der Waals surface area (Å²) in [5, 5.41) is 12.4. The molecule has 6 nitrogen and oxygen atoms in total. The minimum Gasteiger partial charge on any atom is -0.370 e. The molecule has 0 bridgehead atoms. The Morgan fingerprint density at radius 3 is 2.37 bits per heavy atom. The highest BCUT2D eigenvalue weighted by Crippen LogP contribution is 2.21. The molecule has 0 saturated carbocycles. The molecule has 0 spiro atoms. The Morgan fingerprint density at radius 1 is 1.21 bits per heavy atom. The number of nitrogens with one attached hydrogen (secondary N) is 1. The van der Waals surface area contributed by atoms with E-state index in [4.69, 9.17) is 4.74 Å². The highest BCUT2D eigenvalue weighted by atomic mass is 16.5. The zero-order valence-corrected chi connectivity index (χ0v) is 12.7. The first kappa shape index (κ1) is 14.4. The molecule has 1 atom stereocenters. The lowest BCUT2D eigenvalue weighted by molar-refractivity contribution is -0.943. The SMILES string of the molecule is CC(C)[C@H](c1nnnn1C(C)(C)C)[NH+]1CCOCC1. The number of morpholine rings is 1. The predicted octanol–water partition coefficient (Wildman–Crippen LogP) is 0.0403. The summed E-state index contributed by atoms with van der Waals surface area (Å²) < 4.78 is 7.44. The van der Waals surface area contributed by atoms with Gasteiger partial charge in [0.05, 0.1) is 18.8 Å². The number of rotatable bonds is 3. The normalized spacial score (nSPS) is 19.9. The van der Waals surface area contributed by atoms with E-state index in [0.29, 0.717) is 12.0 Å². The fourth-order valence-electron chi connectivity index (χ4n) is 2.76. The van der Waals surface area contributed by atoms with Gasteiger partial charge in [0.25, 0.3) is 0 Å². The second kappa shape index (κ2) is 5.54. The minimum atomic E-state index is -0.0856. The van der Waals surface area contributed by atoms with Crippen LogP contribution in [0.4, 0.5) is 0 Å². The van der Waals surface area contributed by atoms with Gasteiger partial charge >= 0.3 is 0 Å². The van der Waals surface area contributed by atoms with Crippen LogP contribution in [0.5, 0.6) is 0 Å². The lowest BCUT2D eigenvalue weighted by Crippen LogP contribution is -3.15. The van der Waals surface area contributed by atoms with Crippen molar-refractivity contribution in [2.24, 2.45) is 5.92 Å². The van der Waals surface area contributed by atoms with Gasteiger partial charge in [-0.05, 0) is 31.2 Å². The Morgan fingerprint density at radius 2 is 1.84 bits per heavy atom. The largest absolute Gasteiger partial charge is 0.370 e. The Bertz CT molecular complexity index is 403. The monoisotopic (exact) mass is 268 g/mol. The molecule has 0 radical (unpaired) electrons. The predicted molar refractivity (Wildman–Crippen MR) is 71.9 cm³/mol. The third-order valence-electron chi connectivity index (χ3n) is 3.65. The number of hydrogen-bond donors (Lipinski definition) is 1. The van der Waals surface area contributed by atoms with Crippen LogP contribution in [-0.4, -0.2) is 46.5 Å². The highest BCUT2D eigenvalue weighted by molar-refractivity contribution is 4.93. The summed E-state index contributed by atoms with van der Waals surface area (Å²) in [4.78, 5) is 1.53. The van der Waals surface area contributed by atoms with Crippen molar-refractivity contribution in [3.05, 3.63) is 5.82 Å². The summed E-state index contributed by atoms with van der Waals surface area (Å²) in [5.74, 6) is 1.50. The van der Waals surface area contributed by atoms with Crippen LogP contribution in [0.25, 0.3) is 0 Å². The van der Waals surface area contributed by atoms with Gasteiger partial charge in [-0.25, -0.2) is 4.68 Å². The van der Waals surface area contributed by atoms with E-state index in [0.717, 1.165) is 32.1 Å². The van der Waals surface area contributed by atoms with Crippen LogP contribution >= 0.6 is 0 Å². The number of nitrogens with zero attached hydrogens (tertiary/aromatic N) is 4. The molecule has 108 valence electrons. The lowest BCUT2D eigenvalue weighted by Gasteiger charge is -2.34. The Balaban J connectivity index is 2.31. The van der Waals surface area contributed by atoms with Crippen molar-refractivity contribution < 1.29 is 9.64 Å². The van der Waals surface area contributed by atoms with Gasteiger partial charge in [0.2, 0.25) is 5.82 Å². The van der Waals surface area contributed by atoms with Crippen LogP contribution in [0.3, 0.4) is 0 Å². The third-order valence-corrected chi connectivity index (χ3v) is 3.65. The topological polar surface area (TPSA) is 57.3 Å². The average molecular weight is 268 g/mol. The van der Waals surface area contributed by atoms with Crippen LogP contribution in [0.2, 0.25) is 0 Å². The van der Waals surface area contributed by atoms with Gasteiger partial charge in [0.1, 0.15) is 13.1 Å². The van der Waals surface area contributed by atoms with Crippen LogP contribution in [0, 0.1) is 5.92 Å². The molecule has 0 aliphatic carbocycles. The maximum Gasteiger partial charge on any atom is 0.210 e. The first-order valence-corrected chi connectivity index (χ1v) is 7.12. The van der Waals surface area contributed by atoms with Gasteiger partial charge in [-0.2, -0.15) is 0 Å². The molecule has 6 heteroatoms. The first-order chi connectivity index (χ1) is 8.91. The van der Waals surface area contributed by atoms with E-state index in [1.807, 2.05) is 4.68 Å². The van der Waals surface area contributed by atoms with Gasteiger partial charge in [-0.1, -0.05) is 13.8 Å². The molecule has 1 aliphatic rings. The maximum absolute atomic E-state index is 5.47. The molecule has 2 heterocycles. The zero-order valence-electron chi connectivity index (χ0n) is 12.7. The highest BCUT2D eigenvalue weighted by Gasteiger charge is 2.35. The number of tetrazole rings is 1. The smallest absolute Gasteiger partial charge is 0.210 e. The van der Waals surface area contributed by atoms with E-state index in [-0.39, 0.29) is 5.54 Å². The van der Waals surface area contributed by atoms with Crippen molar-refractivity contribution in [3.8, 4) is 0 Å². The van der Waals surface area contributed by atoms with Crippen molar-refractivity contribution in [1.29, 1.82) is 0 Å². The molecular weight excluding hydrogens is 242 g/mol. The average Bonchev–Trinajstić information content (AvgIpc) is 2.79. The second-order valence-electron chi connectivity index (χ2n) is 6.61. The van der Waals surface area contributed by atoms with Gasteiger partial charge in [0.15, 0.2) is 6.04 Å². The summed E-state index contributed by atoms with van der Waals surface area (Å²) in [5.41, 5.74) is -0.0856. The molecule has 0 aromatic carbocycles. The summed E-state index contributed by atoms with van der Waals surface area (Å²) in [7, 11) is 0. The third kappa shape index (κ3) is 3.12. The maximum atomic E-state index is 5.47. The molecule has 1 N–H and O–H groups in total. The van der Waals surface area contributed by atoms with Gasteiger partial charge < -0.3 is 9.64 Å². The first-order valence-electron chi connectivity index (χ1n) is 7.12. The van der Waals surface area contributed by atoms with E-state index in [1.54, 1.807) is 0 Å². The molecule has 1 fully saturated rings. The van der Waals surface area contributed by atoms with Gasteiger partial charge in [-0.3, -0.25) is 0 Å². The molecule has 1 aliphatic heterocycles. The molecule has 2 rings (SSSR count). The summed E-state index contributed by atoms with van der Waals surface area (Å²) >= 11 is 0. The van der Waals surface area contributed by atoms with Crippen LogP contribution in [0.1, 0.15) is 46.5 Å². The van der Waals surface area contributed by atoms with Gasteiger partial charge in [0, 0.05) is 5.92 Å². The summed E-state index contributed by atoms with van der Waals surface area (Å²) in [6, 6.07) is 0.332. The molecule has 1 aromatic heterocycles. The van der Waals surface area contributed by atoms with Crippen molar-refractivity contribution >= 4 is 0 Å². The van der Waals surface area contributed by atoms with Crippen LogP contribution in [0.15, 0.2) is 0 Å². The molecule has 19 heavy (non-hydrogen) atoms. The fourth-order valence-corrected chi connectivity index (χ4v) is 2.76. The molecule has 1 aromatic rings. The summed E-state index contributed by atoms with van der Waals surface area (Å²) in [6.45, 7) is 14.6. The lowest BCUT2D eigenvalue weighted by atomic mass is 9.99. The standard InChI is InChI=1S/C13H25N5O/c1-10(2)11(17-6-8-19-9-7-17)12-14-15-16-18(12)13(3,4)5/h10-11H,6-9H2,1-5H3/p+1/t11-/m1/s1. The Hall–Kier alpha value is -1.01. The van der Waals surface area contributed by atoms with E-state index in [1.165, 1.54) is 4.90 Å². The quantitative estimate of drug-likeness (QED) is 0.841. The molecule has 0 amide bonds. The van der Waals surface area contributed by atoms with Crippen molar-refractivity contribution in [2.75, 3.05) is 26.3 Å². The number of hydrogen-bond acceptors (Lipinski definition) is 4. The van der Waals surface area contributed by atoms with E-state index in [9.17, 15) is 0 Å². The summed E-state index contributed by atoms with van der Waals surface area (Å²) in [6.07, 6.45) is 0. The van der Waals surface area contributed by atoms with E-state index in [2.05, 4.69) is 50.1 Å². The second-order valence-corrected chi connectivity index (χ2v) is 6.61. The Kier molecular flexibility index (Phi) is 4.20. The number of quaternary nitrogens is 1. The Labute approximate surface area is 115 Å². The number of aromatic nitrogens is 4. The van der Waals surface area contributed by atoms with Crippen LogP contribution in [-0.2, 0) is 10.3 Å². The zero-order chi connectivity index (χ0) is 14.0. The fraction of sp³-hybridized carbons (Fsp3) is 0.923. The number of ether oxygens (including phenoxy) is 1. The minimum absolute atomic E-state index is 0.0856. The van der Waals surface area contributed by atoms with Crippen molar-refractivity contribution in [1.82, 2.24) is 20.2 Å². The van der Waals surface area contributed by atoms with Crippen LogP contribution < -0.4 is 4.90 Å². The molecule has 1 saturated heterocycles. The van der Waals surface area contributed by atoms with Crippen molar-refractivity contribution in [3.63, 3.8) is 0 Å². The van der Waals surface area contributed by atoms with E-state index >= 15 is 0 Å². The van der Waals surface area contributed by atoms with Gasteiger partial charge in [-0.15, -0.1) is 5.10 Å². The van der Waals surface area contributed by atoms with E-state index < -0.39 is 0 Å². The molecule has 0 unspecified atom stereocenters.